The average Bonchev–Trinajstić information content (AvgIpc) is 2.69. The molecule has 0 aromatic carbocycles. The van der Waals surface area contributed by atoms with E-state index in [1.807, 2.05) is 19.2 Å². The van der Waals surface area contributed by atoms with Crippen molar-refractivity contribution in [2.24, 2.45) is 0 Å². The number of halogens is 1. The number of thiophene rings is 1. The van der Waals surface area contributed by atoms with Crippen LogP contribution in [-0.2, 0) is 4.79 Å². The summed E-state index contributed by atoms with van der Waals surface area (Å²) >= 11 is 7.40. The molecule has 1 aromatic heterocycles. The molecule has 90 valence electrons. The molecule has 1 rings (SSSR count). The number of nitrogens with one attached hydrogen (secondary N) is 2. The third-order valence-corrected chi connectivity index (χ3v) is 3.63. The maximum atomic E-state index is 11.6. The highest BCUT2D eigenvalue weighted by Crippen LogP contribution is 2.28. The molecule has 0 aliphatic heterocycles. The van der Waals surface area contributed by atoms with Crippen molar-refractivity contribution >= 4 is 28.8 Å². The molecular weight excluding hydrogens is 244 g/mol. The Bertz CT molecular complexity index is 340. The minimum Gasteiger partial charge on any atom is -0.348 e. The summed E-state index contributed by atoms with van der Waals surface area (Å²) in [6.07, 6.45) is 1.38. The van der Waals surface area contributed by atoms with E-state index in [1.165, 1.54) is 11.3 Å². The third-order valence-electron chi connectivity index (χ3n) is 2.28. The lowest BCUT2D eigenvalue weighted by atomic mass is 10.2. The van der Waals surface area contributed by atoms with E-state index in [4.69, 9.17) is 11.6 Å². The number of carbonyl (C=O) groups excluding carboxylic acids is 1. The summed E-state index contributed by atoms with van der Waals surface area (Å²) in [5, 5.41) is 5.96. The largest absolute Gasteiger partial charge is 0.348 e. The predicted octanol–water partition coefficient (Wildman–Crippen LogP) is 2.58. The van der Waals surface area contributed by atoms with Gasteiger partial charge in [0.1, 0.15) is 0 Å². The van der Waals surface area contributed by atoms with Gasteiger partial charge in [-0.3, -0.25) is 4.79 Å². The molecule has 1 aromatic rings. The fourth-order valence-corrected chi connectivity index (χ4v) is 2.59. The Hall–Kier alpha value is -0.580. The molecule has 0 spiro atoms. The van der Waals surface area contributed by atoms with Crippen LogP contribution in [0.1, 0.15) is 30.7 Å². The lowest BCUT2D eigenvalue weighted by Gasteiger charge is -2.15. The van der Waals surface area contributed by atoms with E-state index in [-0.39, 0.29) is 11.9 Å². The standard InChI is InChI=1S/C11H17ClN2OS/c1-3-8(9-4-5-10(12)16-9)14-11(15)6-7-13-2/h4-5,8,13H,3,6-7H2,1-2H3,(H,14,15). The van der Waals surface area contributed by atoms with Gasteiger partial charge in [-0.15, -0.1) is 11.3 Å². The average molecular weight is 261 g/mol. The van der Waals surface area contributed by atoms with Gasteiger partial charge in [0.15, 0.2) is 0 Å². The van der Waals surface area contributed by atoms with Crippen LogP contribution in [0.3, 0.4) is 0 Å². The van der Waals surface area contributed by atoms with Crippen LogP contribution in [0.15, 0.2) is 12.1 Å². The summed E-state index contributed by atoms with van der Waals surface area (Å²) in [5.41, 5.74) is 0. The quantitative estimate of drug-likeness (QED) is 0.826. The zero-order valence-electron chi connectivity index (χ0n) is 9.55. The Labute approximate surface area is 105 Å². The zero-order valence-corrected chi connectivity index (χ0v) is 11.1. The van der Waals surface area contributed by atoms with Gasteiger partial charge >= 0.3 is 0 Å². The van der Waals surface area contributed by atoms with Gasteiger partial charge in [-0.2, -0.15) is 0 Å². The normalized spacial score (nSPS) is 12.4. The van der Waals surface area contributed by atoms with Crippen LogP contribution in [0.25, 0.3) is 0 Å². The van der Waals surface area contributed by atoms with Gasteiger partial charge in [0.05, 0.1) is 10.4 Å². The molecular formula is C11H17ClN2OS. The highest BCUT2D eigenvalue weighted by atomic mass is 35.5. The molecule has 1 unspecified atom stereocenters. The molecule has 0 aliphatic rings. The zero-order chi connectivity index (χ0) is 12.0. The number of amides is 1. The number of rotatable bonds is 6. The van der Waals surface area contributed by atoms with Crippen molar-refractivity contribution in [2.45, 2.75) is 25.8 Å². The third kappa shape index (κ3) is 4.12. The molecule has 2 N–H and O–H groups in total. The Morgan fingerprint density at radius 3 is 2.81 bits per heavy atom. The van der Waals surface area contributed by atoms with Crippen molar-refractivity contribution in [3.8, 4) is 0 Å². The van der Waals surface area contributed by atoms with Gasteiger partial charge in [0.25, 0.3) is 0 Å². The van der Waals surface area contributed by atoms with Crippen molar-refractivity contribution in [1.29, 1.82) is 0 Å². The minimum atomic E-state index is 0.0747. The summed E-state index contributed by atoms with van der Waals surface area (Å²) in [4.78, 5) is 12.7. The molecule has 0 fully saturated rings. The second kappa shape index (κ2) is 6.89. The first-order valence-corrected chi connectivity index (χ1v) is 6.56. The van der Waals surface area contributed by atoms with Crippen LogP contribution >= 0.6 is 22.9 Å². The van der Waals surface area contributed by atoms with Gasteiger partial charge in [-0.1, -0.05) is 18.5 Å². The topological polar surface area (TPSA) is 41.1 Å². The Balaban J connectivity index is 2.52. The minimum absolute atomic E-state index is 0.0747. The monoisotopic (exact) mass is 260 g/mol. The highest BCUT2D eigenvalue weighted by Gasteiger charge is 2.14. The SMILES string of the molecule is CCC(NC(=O)CCNC)c1ccc(Cl)s1. The van der Waals surface area contributed by atoms with E-state index in [0.29, 0.717) is 13.0 Å². The van der Waals surface area contributed by atoms with E-state index >= 15 is 0 Å². The van der Waals surface area contributed by atoms with Gasteiger partial charge in [-0.25, -0.2) is 0 Å². The van der Waals surface area contributed by atoms with Gasteiger partial charge in [0.2, 0.25) is 5.91 Å². The molecule has 0 radical (unpaired) electrons. The van der Waals surface area contributed by atoms with Crippen molar-refractivity contribution in [3.63, 3.8) is 0 Å². The Kier molecular flexibility index (Phi) is 5.80. The molecule has 5 heteroatoms. The first-order chi connectivity index (χ1) is 7.67. The molecule has 0 bridgehead atoms. The second-order valence-electron chi connectivity index (χ2n) is 3.52. The first kappa shape index (κ1) is 13.5. The van der Waals surface area contributed by atoms with Gasteiger partial charge < -0.3 is 10.6 Å². The van der Waals surface area contributed by atoms with Crippen molar-refractivity contribution < 1.29 is 4.79 Å². The van der Waals surface area contributed by atoms with Crippen LogP contribution < -0.4 is 10.6 Å². The van der Waals surface area contributed by atoms with E-state index in [0.717, 1.165) is 15.6 Å². The maximum absolute atomic E-state index is 11.6. The number of hydrogen-bond acceptors (Lipinski definition) is 3. The molecule has 1 atom stereocenters. The van der Waals surface area contributed by atoms with E-state index in [1.54, 1.807) is 0 Å². The van der Waals surface area contributed by atoms with Gasteiger partial charge in [-0.05, 0) is 25.6 Å². The van der Waals surface area contributed by atoms with E-state index in [2.05, 4.69) is 17.6 Å². The summed E-state index contributed by atoms with van der Waals surface area (Å²) < 4.78 is 0.762. The first-order valence-electron chi connectivity index (χ1n) is 5.36. The smallest absolute Gasteiger partial charge is 0.221 e. The molecule has 3 nitrogen and oxygen atoms in total. The van der Waals surface area contributed by atoms with Crippen LogP contribution in [0.2, 0.25) is 4.34 Å². The second-order valence-corrected chi connectivity index (χ2v) is 5.27. The lowest BCUT2D eigenvalue weighted by Crippen LogP contribution is -2.29. The number of carbonyl (C=O) groups is 1. The summed E-state index contributed by atoms with van der Waals surface area (Å²) in [7, 11) is 1.84. The summed E-state index contributed by atoms with van der Waals surface area (Å²) in [6.45, 7) is 2.75. The van der Waals surface area contributed by atoms with Crippen LogP contribution in [-0.4, -0.2) is 19.5 Å². The Morgan fingerprint density at radius 1 is 1.56 bits per heavy atom. The lowest BCUT2D eigenvalue weighted by molar-refractivity contribution is -0.121. The van der Waals surface area contributed by atoms with Gasteiger partial charge in [0, 0.05) is 17.8 Å². The molecule has 0 aliphatic carbocycles. The van der Waals surface area contributed by atoms with Crippen LogP contribution in [0.5, 0.6) is 0 Å². The highest BCUT2D eigenvalue weighted by molar-refractivity contribution is 7.16. The predicted molar refractivity (Wildman–Crippen MR) is 69.0 cm³/mol. The van der Waals surface area contributed by atoms with Crippen LogP contribution in [0, 0.1) is 0 Å². The fraction of sp³-hybridized carbons (Fsp3) is 0.545. The molecule has 0 saturated heterocycles. The van der Waals surface area contributed by atoms with Crippen molar-refractivity contribution in [2.75, 3.05) is 13.6 Å². The van der Waals surface area contributed by atoms with Crippen molar-refractivity contribution in [1.82, 2.24) is 10.6 Å². The van der Waals surface area contributed by atoms with E-state index < -0.39 is 0 Å². The molecule has 0 saturated carbocycles. The Morgan fingerprint density at radius 2 is 2.31 bits per heavy atom. The summed E-state index contributed by atoms with van der Waals surface area (Å²) in [6, 6.07) is 3.92. The number of hydrogen-bond donors (Lipinski definition) is 2. The van der Waals surface area contributed by atoms with Crippen LogP contribution in [0.4, 0.5) is 0 Å². The molecule has 1 heterocycles. The van der Waals surface area contributed by atoms with Crippen molar-refractivity contribution in [3.05, 3.63) is 21.3 Å². The molecule has 1 amide bonds. The maximum Gasteiger partial charge on any atom is 0.221 e. The summed E-state index contributed by atoms with van der Waals surface area (Å²) in [5.74, 6) is 0.0747. The molecule has 16 heavy (non-hydrogen) atoms. The fourth-order valence-electron chi connectivity index (χ4n) is 1.39. The van der Waals surface area contributed by atoms with E-state index in [9.17, 15) is 4.79 Å².